The third-order valence-electron chi connectivity index (χ3n) is 5.01. The van der Waals surface area contributed by atoms with Gasteiger partial charge in [-0.25, -0.2) is 0 Å². The van der Waals surface area contributed by atoms with Crippen molar-refractivity contribution >= 4 is 16.7 Å². The second kappa shape index (κ2) is 8.28. The molecule has 1 saturated heterocycles. The molecule has 2 aromatic rings. The first-order valence-corrected chi connectivity index (χ1v) is 9.58. The van der Waals surface area contributed by atoms with Gasteiger partial charge in [0.05, 0.1) is 5.41 Å². The molecule has 2 unspecified atom stereocenters. The van der Waals surface area contributed by atoms with E-state index in [4.69, 9.17) is 18.9 Å². The van der Waals surface area contributed by atoms with E-state index in [2.05, 4.69) is 0 Å². The molecule has 1 aliphatic rings. The fraction of sp³-hybridized carbons (Fsp3) is 0.500. The molecule has 1 aliphatic heterocycles. The zero-order valence-corrected chi connectivity index (χ0v) is 16.5. The van der Waals surface area contributed by atoms with Crippen molar-refractivity contribution in [3.05, 3.63) is 36.4 Å². The smallest absolute Gasteiger partial charge is 0.316 e. The van der Waals surface area contributed by atoms with E-state index < -0.39 is 11.7 Å². The average Bonchev–Trinajstić information content (AvgIpc) is 3.15. The predicted octanol–water partition coefficient (Wildman–Crippen LogP) is 5.06. The van der Waals surface area contributed by atoms with Gasteiger partial charge in [-0.05, 0) is 45.7 Å². The van der Waals surface area contributed by atoms with Crippen LogP contribution < -0.4 is 9.47 Å². The Kier molecular flexibility index (Phi) is 6.02. The summed E-state index contributed by atoms with van der Waals surface area (Å²) in [5.74, 6) is 0.988. The van der Waals surface area contributed by atoms with Crippen LogP contribution in [0.4, 0.5) is 0 Å². The van der Waals surface area contributed by atoms with Gasteiger partial charge in [0.25, 0.3) is 0 Å². The Morgan fingerprint density at radius 1 is 1.19 bits per heavy atom. The topological polar surface area (TPSA) is 54.0 Å². The molecule has 0 spiro atoms. The van der Waals surface area contributed by atoms with Gasteiger partial charge in [0.1, 0.15) is 11.5 Å². The molecule has 0 aliphatic carbocycles. The molecule has 0 amide bonds. The molecule has 27 heavy (non-hydrogen) atoms. The first-order valence-electron chi connectivity index (χ1n) is 9.58. The fourth-order valence-electron chi connectivity index (χ4n) is 2.90. The number of hydrogen-bond donors (Lipinski definition) is 0. The number of carbonyl (C=O) groups is 1. The van der Waals surface area contributed by atoms with Gasteiger partial charge in [0.15, 0.2) is 12.6 Å². The SMILES string of the molecule is CCC(C)(C)C(=O)Oc1cccc2c(OC(C)OC3CCCO3)cccc12. The second-order valence-electron chi connectivity index (χ2n) is 7.50. The van der Waals surface area contributed by atoms with Crippen molar-refractivity contribution in [1.82, 2.24) is 0 Å². The Hall–Kier alpha value is -2.11. The lowest BCUT2D eigenvalue weighted by Crippen LogP contribution is -2.28. The molecular formula is C22H28O5. The number of fused-ring (bicyclic) bond motifs is 1. The summed E-state index contributed by atoms with van der Waals surface area (Å²) in [6.07, 6.45) is 1.96. The van der Waals surface area contributed by atoms with Gasteiger partial charge in [-0.15, -0.1) is 0 Å². The molecule has 0 radical (unpaired) electrons. The van der Waals surface area contributed by atoms with Crippen molar-refractivity contribution in [3.8, 4) is 11.5 Å². The Labute approximate surface area is 160 Å². The number of esters is 1. The number of carbonyl (C=O) groups excluding carboxylic acids is 1. The van der Waals surface area contributed by atoms with E-state index in [9.17, 15) is 4.79 Å². The van der Waals surface area contributed by atoms with Gasteiger partial charge in [0, 0.05) is 23.8 Å². The van der Waals surface area contributed by atoms with Crippen LogP contribution in [0.15, 0.2) is 36.4 Å². The molecule has 0 bridgehead atoms. The Morgan fingerprint density at radius 2 is 1.85 bits per heavy atom. The lowest BCUT2D eigenvalue weighted by Gasteiger charge is -2.22. The Balaban J connectivity index is 1.81. The van der Waals surface area contributed by atoms with E-state index in [-0.39, 0.29) is 12.3 Å². The van der Waals surface area contributed by atoms with E-state index >= 15 is 0 Å². The first-order chi connectivity index (χ1) is 12.9. The van der Waals surface area contributed by atoms with Crippen molar-refractivity contribution in [3.63, 3.8) is 0 Å². The molecule has 3 rings (SSSR count). The molecular weight excluding hydrogens is 344 g/mol. The Morgan fingerprint density at radius 3 is 2.48 bits per heavy atom. The highest BCUT2D eigenvalue weighted by Crippen LogP contribution is 2.34. The minimum absolute atomic E-state index is 0.206. The zero-order valence-electron chi connectivity index (χ0n) is 16.5. The number of benzene rings is 2. The molecule has 0 aromatic heterocycles. The summed E-state index contributed by atoms with van der Waals surface area (Å²) in [6, 6.07) is 11.3. The number of ether oxygens (including phenoxy) is 4. The van der Waals surface area contributed by atoms with Crippen molar-refractivity contribution in [1.29, 1.82) is 0 Å². The van der Waals surface area contributed by atoms with Crippen LogP contribution in [-0.2, 0) is 14.3 Å². The predicted molar refractivity (Wildman–Crippen MR) is 104 cm³/mol. The standard InChI is InChI=1S/C22H28O5/c1-5-22(3,4)21(23)27-19-12-7-9-16-17(19)10-6-11-18(16)25-15(2)26-20-13-8-14-24-20/h6-7,9-12,15,20H,5,8,13-14H2,1-4H3. The van der Waals surface area contributed by atoms with Crippen molar-refractivity contribution in [2.45, 2.75) is 59.5 Å². The minimum atomic E-state index is -0.528. The highest BCUT2D eigenvalue weighted by atomic mass is 16.8. The van der Waals surface area contributed by atoms with Crippen molar-refractivity contribution < 1.29 is 23.7 Å². The summed E-state index contributed by atoms with van der Waals surface area (Å²) >= 11 is 0. The monoisotopic (exact) mass is 372 g/mol. The summed E-state index contributed by atoms with van der Waals surface area (Å²) in [4.78, 5) is 12.5. The van der Waals surface area contributed by atoms with Crippen molar-refractivity contribution in [2.75, 3.05) is 6.61 Å². The minimum Gasteiger partial charge on any atom is -0.465 e. The van der Waals surface area contributed by atoms with Crippen LogP contribution in [-0.4, -0.2) is 25.2 Å². The molecule has 5 heteroatoms. The van der Waals surface area contributed by atoms with Gasteiger partial charge in [0.2, 0.25) is 0 Å². The number of hydrogen-bond acceptors (Lipinski definition) is 5. The van der Waals surface area contributed by atoms with E-state index in [0.717, 1.165) is 30.2 Å². The maximum Gasteiger partial charge on any atom is 0.316 e. The summed E-state index contributed by atoms with van der Waals surface area (Å²) in [5.41, 5.74) is -0.528. The zero-order chi connectivity index (χ0) is 19.4. The fourth-order valence-corrected chi connectivity index (χ4v) is 2.90. The largest absolute Gasteiger partial charge is 0.465 e. The summed E-state index contributed by atoms with van der Waals surface area (Å²) < 4.78 is 23.0. The van der Waals surface area contributed by atoms with E-state index in [0.29, 0.717) is 17.9 Å². The van der Waals surface area contributed by atoms with E-state index in [1.807, 2.05) is 64.1 Å². The maximum absolute atomic E-state index is 12.5. The molecule has 1 heterocycles. The highest BCUT2D eigenvalue weighted by Gasteiger charge is 2.28. The van der Waals surface area contributed by atoms with Crippen LogP contribution in [0.25, 0.3) is 10.8 Å². The second-order valence-corrected chi connectivity index (χ2v) is 7.50. The maximum atomic E-state index is 12.5. The molecule has 0 saturated carbocycles. The van der Waals surface area contributed by atoms with Crippen LogP contribution in [0, 0.1) is 5.41 Å². The molecule has 2 aromatic carbocycles. The average molecular weight is 372 g/mol. The van der Waals surface area contributed by atoms with Gasteiger partial charge in [-0.2, -0.15) is 0 Å². The van der Waals surface area contributed by atoms with Crippen LogP contribution >= 0.6 is 0 Å². The van der Waals surface area contributed by atoms with Crippen LogP contribution in [0.3, 0.4) is 0 Å². The lowest BCUT2D eigenvalue weighted by molar-refractivity contribution is -0.192. The van der Waals surface area contributed by atoms with E-state index in [1.54, 1.807) is 0 Å². The highest BCUT2D eigenvalue weighted by molar-refractivity contribution is 5.95. The van der Waals surface area contributed by atoms with Crippen molar-refractivity contribution in [2.24, 2.45) is 5.41 Å². The van der Waals surface area contributed by atoms with Gasteiger partial charge < -0.3 is 18.9 Å². The normalized spacial score (nSPS) is 18.4. The molecule has 0 N–H and O–H groups in total. The summed E-state index contributed by atoms with van der Waals surface area (Å²) in [5, 5.41) is 1.71. The Bertz CT molecular complexity index is 792. The van der Waals surface area contributed by atoms with Crippen LogP contribution in [0.2, 0.25) is 0 Å². The van der Waals surface area contributed by atoms with E-state index in [1.165, 1.54) is 0 Å². The third kappa shape index (κ3) is 4.60. The molecule has 146 valence electrons. The summed E-state index contributed by atoms with van der Waals surface area (Å²) in [7, 11) is 0. The van der Waals surface area contributed by atoms with Gasteiger partial charge >= 0.3 is 5.97 Å². The van der Waals surface area contributed by atoms with Crippen LogP contribution in [0.1, 0.15) is 47.0 Å². The lowest BCUT2D eigenvalue weighted by atomic mass is 9.90. The number of rotatable bonds is 7. The first kappa shape index (κ1) is 19.6. The van der Waals surface area contributed by atoms with Gasteiger partial charge in [-0.1, -0.05) is 31.2 Å². The van der Waals surface area contributed by atoms with Gasteiger partial charge in [-0.3, -0.25) is 4.79 Å². The molecule has 5 nitrogen and oxygen atoms in total. The third-order valence-corrected chi connectivity index (χ3v) is 5.01. The quantitative estimate of drug-likeness (QED) is 0.386. The summed E-state index contributed by atoms with van der Waals surface area (Å²) in [6.45, 7) is 8.34. The molecule has 1 fully saturated rings. The van der Waals surface area contributed by atoms with Crippen LogP contribution in [0.5, 0.6) is 11.5 Å². The molecule has 2 atom stereocenters.